The molecule has 3 N–H and O–H groups in total. The zero-order chi connectivity index (χ0) is 15.6. The van der Waals surface area contributed by atoms with Crippen molar-refractivity contribution in [1.82, 2.24) is 4.72 Å². The molecule has 0 aromatic heterocycles. The summed E-state index contributed by atoms with van der Waals surface area (Å²) in [5.41, 5.74) is 6.14. The van der Waals surface area contributed by atoms with Crippen LogP contribution in [-0.2, 0) is 16.6 Å². The fraction of sp³-hybridized carbons (Fsp3) is 0.571. The van der Waals surface area contributed by atoms with Crippen LogP contribution in [0.1, 0.15) is 38.2 Å². The zero-order valence-corrected chi connectivity index (χ0v) is 14.2. The highest BCUT2D eigenvalue weighted by Crippen LogP contribution is 2.35. The van der Waals surface area contributed by atoms with Gasteiger partial charge >= 0.3 is 0 Å². The molecule has 0 heterocycles. The minimum absolute atomic E-state index is 0.0447. The number of rotatable bonds is 7. The van der Waals surface area contributed by atoms with E-state index in [1.807, 2.05) is 6.92 Å². The first kappa shape index (κ1) is 17.0. The van der Waals surface area contributed by atoms with E-state index in [0.717, 1.165) is 12.8 Å². The van der Waals surface area contributed by atoms with E-state index in [-0.39, 0.29) is 22.5 Å². The molecule has 0 spiro atoms. The van der Waals surface area contributed by atoms with Crippen LogP contribution in [0.5, 0.6) is 0 Å². The molecule has 0 amide bonds. The van der Waals surface area contributed by atoms with Crippen LogP contribution in [0.15, 0.2) is 17.0 Å². The van der Waals surface area contributed by atoms with Crippen LogP contribution in [0.4, 0.5) is 0 Å². The second kappa shape index (κ2) is 6.84. The van der Waals surface area contributed by atoms with E-state index in [2.05, 4.69) is 4.72 Å². The van der Waals surface area contributed by atoms with E-state index in [9.17, 15) is 8.42 Å². The predicted molar refractivity (Wildman–Crippen MR) is 86.1 cm³/mol. The first-order valence-electron chi connectivity index (χ1n) is 7.07. The van der Waals surface area contributed by atoms with Gasteiger partial charge in [0.1, 0.15) is 4.90 Å². The third-order valence-corrected chi connectivity index (χ3v) is 6.08. The fourth-order valence-corrected chi connectivity index (χ4v) is 4.48. The molecule has 1 aromatic rings. The Kier molecular flexibility index (Phi) is 5.54. The number of nitrogens with one attached hydrogen (secondary N) is 1. The minimum atomic E-state index is -3.67. The van der Waals surface area contributed by atoms with Gasteiger partial charge in [0.2, 0.25) is 10.0 Å². The third-order valence-electron chi connectivity index (χ3n) is 3.74. The maximum absolute atomic E-state index is 12.5. The summed E-state index contributed by atoms with van der Waals surface area (Å²) in [6.45, 7) is 2.14. The Morgan fingerprint density at radius 1 is 1.33 bits per heavy atom. The van der Waals surface area contributed by atoms with Crippen molar-refractivity contribution in [3.63, 3.8) is 0 Å². The van der Waals surface area contributed by atoms with Crippen molar-refractivity contribution >= 4 is 33.2 Å². The summed E-state index contributed by atoms with van der Waals surface area (Å²) in [4.78, 5) is 0.0447. The lowest BCUT2D eigenvalue weighted by Gasteiger charge is -2.18. The van der Waals surface area contributed by atoms with Crippen LogP contribution in [0.25, 0.3) is 0 Å². The molecule has 7 heteroatoms. The van der Waals surface area contributed by atoms with Gasteiger partial charge in [-0.15, -0.1) is 0 Å². The van der Waals surface area contributed by atoms with Crippen molar-refractivity contribution in [3.8, 4) is 0 Å². The highest BCUT2D eigenvalue weighted by atomic mass is 35.5. The first-order chi connectivity index (χ1) is 9.87. The number of sulfonamides is 1. The van der Waals surface area contributed by atoms with Gasteiger partial charge in [-0.3, -0.25) is 0 Å². The normalized spacial score (nSPS) is 17.0. The van der Waals surface area contributed by atoms with Crippen molar-refractivity contribution < 1.29 is 8.42 Å². The summed E-state index contributed by atoms with van der Waals surface area (Å²) in [6.07, 6.45) is 4.02. The molecule has 21 heavy (non-hydrogen) atoms. The van der Waals surface area contributed by atoms with Gasteiger partial charge in [-0.1, -0.05) is 43.0 Å². The van der Waals surface area contributed by atoms with Crippen LogP contribution < -0.4 is 10.5 Å². The SMILES string of the molecule is CCC(CC1CC1)NS(=O)(=O)c1cc(CN)c(Cl)cc1Cl. The lowest BCUT2D eigenvalue weighted by atomic mass is 10.1. The summed E-state index contributed by atoms with van der Waals surface area (Å²) in [6, 6.07) is 2.83. The van der Waals surface area contributed by atoms with E-state index in [0.29, 0.717) is 16.5 Å². The summed E-state index contributed by atoms with van der Waals surface area (Å²) >= 11 is 12.0. The summed E-state index contributed by atoms with van der Waals surface area (Å²) in [5, 5.41) is 0.498. The quantitative estimate of drug-likeness (QED) is 0.792. The lowest BCUT2D eigenvalue weighted by Crippen LogP contribution is -2.35. The highest BCUT2D eigenvalue weighted by molar-refractivity contribution is 7.89. The molecule has 2 rings (SSSR count). The molecule has 1 aromatic carbocycles. The molecule has 1 atom stereocenters. The minimum Gasteiger partial charge on any atom is -0.326 e. The summed E-state index contributed by atoms with van der Waals surface area (Å²) < 4.78 is 27.8. The van der Waals surface area contributed by atoms with Gasteiger partial charge in [0.15, 0.2) is 0 Å². The Balaban J connectivity index is 2.25. The van der Waals surface area contributed by atoms with Crippen molar-refractivity contribution in [3.05, 3.63) is 27.7 Å². The lowest BCUT2D eigenvalue weighted by molar-refractivity contribution is 0.495. The van der Waals surface area contributed by atoms with Gasteiger partial charge in [0, 0.05) is 17.6 Å². The fourth-order valence-electron chi connectivity index (χ4n) is 2.27. The Morgan fingerprint density at radius 2 is 2.00 bits per heavy atom. The predicted octanol–water partition coefficient (Wildman–Crippen LogP) is 3.31. The molecule has 1 aliphatic carbocycles. The average Bonchev–Trinajstić information content (AvgIpc) is 3.21. The van der Waals surface area contributed by atoms with Gasteiger partial charge in [-0.2, -0.15) is 0 Å². The monoisotopic (exact) mass is 350 g/mol. The summed E-state index contributed by atoms with van der Waals surface area (Å²) in [5.74, 6) is 0.651. The van der Waals surface area contributed by atoms with E-state index in [4.69, 9.17) is 28.9 Å². The third kappa shape index (κ3) is 4.33. The molecule has 1 fully saturated rings. The van der Waals surface area contributed by atoms with E-state index in [1.165, 1.54) is 25.0 Å². The molecular formula is C14H20Cl2N2O2S. The van der Waals surface area contributed by atoms with Gasteiger partial charge in [0.05, 0.1) is 5.02 Å². The van der Waals surface area contributed by atoms with Crippen LogP contribution in [0, 0.1) is 5.92 Å². The molecule has 0 bridgehead atoms. The van der Waals surface area contributed by atoms with Crippen molar-refractivity contribution in [2.75, 3.05) is 0 Å². The Labute approximate surface area is 136 Å². The number of nitrogens with two attached hydrogens (primary N) is 1. The maximum Gasteiger partial charge on any atom is 0.242 e. The smallest absolute Gasteiger partial charge is 0.242 e. The van der Waals surface area contributed by atoms with Crippen molar-refractivity contribution in [1.29, 1.82) is 0 Å². The molecule has 0 radical (unpaired) electrons. The molecular weight excluding hydrogens is 331 g/mol. The van der Waals surface area contributed by atoms with Gasteiger partial charge < -0.3 is 5.73 Å². The molecule has 0 saturated heterocycles. The van der Waals surface area contributed by atoms with Crippen LogP contribution in [0.3, 0.4) is 0 Å². The number of benzene rings is 1. The van der Waals surface area contributed by atoms with Gasteiger partial charge in [-0.05, 0) is 36.5 Å². The molecule has 1 unspecified atom stereocenters. The van der Waals surface area contributed by atoms with Crippen molar-refractivity contribution in [2.45, 2.75) is 50.1 Å². The van der Waals surface area contributed by atoms with Gasteiger partial charge in [-0.25, -0.2) is 13.1 Å². The maximum atomic E-state index is 12.5. The number of hydrogen-bond donors (Lipinski definition) is 2. The standard InChI is InChI=1S/C14H20Cl2N2O2S/c1-2-11(5-9-3-4-9)18-21(19,20)14-6-10(8-17)12(15)7-13(14)16/h6-7,9,11,18H,2-5,8,17H2,1H3. The largest absolute Gasteiger partial charge is 0.326 e. The molecule has 4 nitrogen and oxygen atoms in total. The Morgan fingerprint density at radius 3 is 2.52 bits per heavy atom. The number of halogens is 2. The van der Waals surface area contributed by atoms with Crippen molar-refractivity contribution in [2.24, 2.45) is 11.7 Å². The Hall–Kier alpha value is -0.330. The second-order valence-electron chi connectivity index (χ2n) is 5.48. The second-order valence-corrected chi connectivity index (χ2v) is 7.98. The molecule has 1 saturated carbocycles. The van der Waals surface area contributed by atoms with E-state index < -0.39 is 10.0 Å². The molecule has 118 valence electrons. The Bertz CT molecular complexity index is 616. The van der Waals surface area contributed by atoms with Crippen LogP contribution >= 0.6 is 23.2 Å². The van der Waals surface area contributed by atoms with Gasteiger partial charge in [0.25, 0.3) is 0 Å². The first-order valence-corrected chi connectivity index (χ1v) is 9.31. The molecule has 1 aliphatic rings. The average molecular weight is 351 g/mol. The van der Waals surface area contributed by atoms with E-state index in [1.54, 1.807) is 0 Å². The number of hydrogen-bond acceptors (Lipinski definition) is 3. The topological polar surface area (TPSA) is 72.2 Å². The zero-order valence-electron chi connectivity index (χ0n) is 11.9. The van der Waals surface area contributed by atoms with Crippen LogP contribution in [0.2, 0.25) is 10.0 Å². The molecule has 0 aliphatic heterocycles. The van der Waals surface area contributed by atoms with E-state index >= 15 is 0 Å². The summed E-state index contributed by atoms with van der Waals surface area (Å²) in [7, 11) is -3.67. The highest BCUT2D eigenvalue weighted by Gasteiger charge is 2.28. The van der Waals surface area contributed by atoms with Crippen LogP contribution in [-0.4, -0.2) is 14.5 Å².